The van der Waals surface area contributed by atoms with Crippen molar-refractivity contribution in [2.75, 3.05) is 13.4 Å². The quantitative estimate of drug-likeness (QED) is 0.382. The second-order valence-corrected chi connectivity index (χ2v) is 7.94. The number of hydrogen-bond acceptors (Lipinski definition) is 5. The summed E-state index contributed by atoms with van der Waals surface area (Å²) >= 11 is 1.58. The lowest BCUT2D eigenvalue weighted by molar-refractivity contribution is -0.120. The van der Waals surface area contributed by atoms with Crippen molar-refractivity contribution in [1.29, 1.82) is 0 Å². The minimum absolute atomic E-state index is 0.0270. The molecular weight excluding hydrogens is 410 g/mol. The Labute approximate surface area is 185 Å². The van der Waals surface area contributed by atoms with Crippen molar-refractivity contribution in [1.82, 2.24) is 5.32 Å². The highest BCUT2D eigenvalue weighted by Crippen LogP contribution is 2.41. The number of rotatable bonds is 7. The van der Waals surface area contributed by atoms with Gasteiger partial charge in [-0.05, 0) is 47.7 Å². The maximum absolute atomic E-state index is 12.4. The van der Waals surface area contributed by atoms with Crippen molar-refractivity contribution in [2.24, 2.45) is 0 Å². The van der Waals surface area contributed by atoms with E-state index in [1.807, 2.05) is 54.8 Å². The molecule has 0 unspecified atom stereocenters. The van der Waals surface area contributed by atoms with Crippen LogP contribution in [0.2, 0.25) is 0 Å². The Hall–Kier alpha value is -3.38. The molecule has 1 aromatic heterocycles. The number of thioether (sulfide) groups is 1. The maximum Gasteiger partial charge on any atom is 0.224 e. The number of methoxy groups -OCH3 is 1. The standard InChI is InChI=1S/C25H23NO4S/c1-29-22-14-18(9-10-20(22)27)24-25(31-2)19-12-17(8-11-21(19)30-24)13-23(28)26-15-16-6-4-3-5-7-16/h3-12,14,27H,13,15H2,1-2H3,(H,26,28). The van der Waals surface area contributed by atoms with E-state index in [1.54, 1.807) is 30.0 Å². The lowest BCUT2D eigenvalue weighted by Crippen LogP contribution is -2.24. The number of phenolic OH excluding ortho intramolecular Hbond substituents is 1. The molecule has 0 fully saturated rings. The third-order valence-corrected chi connectivity index (χ3v) is 5.86. The van der Waals surface area contributed by atoms with Gasteiger partial charge in [0.15, 0.2) is 11.5 Å². The maximum atomic E-state index is 12.4. The summed E-state index contributed by atoms with van der Waals surface area (Å²) in [6.45, 7) is 0.510. The fraction of sp³-hybridized carbons (Fsp3) is 0.160. The average molecular weight is 434 g/mol. The first-order chi connectivity index (χ1) is 15.1. The molecule has 0 atom stereocenters. The normalized spacial score (nSPS) is 10.9. The zero-order chi connectivity index (χ0) is 21.8. The van der Waals surface area contributed by atoms with Crippen molar-refractivity contribution >= 4 is 28.6 Å². The molecule has 0 spiro atoms. The fourth-order valence-electron chi connectivity index (χ4n) is 3.49. The summed E-state index contributed by atoms with van der Waals surface area (Å²) in [7, 11) is 1.52. The summed E-state index contributed by atoms with van der Waals surface area (Å²) in [4.78, 5) is 13.4. The molecule has 4 rings (SSSR count). The van der Waals surface area contributed by atoms with Crippen LogP contribution in [0.15, 0.2) is 76.0 Å². The average Bonchev–Trinajstić information content (AvgIpc) is 3.16. The molecule has 158 valence electrons. The van der Waals surface area contributed by atoms with Crippen LogP contribution >= 0.6 is 11.8 Å². The SMILES string of the molecule is COc1cc(-c2oc3ccc(CC(=O)NCc4ccccc4)cc3c2SC)ccc1O. The Kier molecular flexibility index (Phi) is 6.18. The molecule has 31 heavy (non-hydrogen) atoms. The van der Waals surface area contributed by atoms with E-state index in [4.69, 9.17) is 9.15 Å². The second kappa shape index (κ2) is 9.18. The third-order valence-electron chi connectivity index (χ3n) is 5.05. The van der Waals surface area contributed by atoms with Gasteiger partial charge in [-0.2, -0.15) is 0 Å². The topological polar surface area (TPSA) is 71.7 Å². The van der Waals surface area contributed by atoms with Gasteiger partial charge in [0.2, 0.25) is 5.91 Å². The van der Waals surface area contributed by atoms with Gasteiger partial charge in [0, 0.05) is 17.5 Å². The number of aromatic hydroxyl groups is 1. The van der Waals surface area contributed by atoms with E-state index in [1.165, 1.54) is 7.11 Å². The molecule has 1 amide bonds. The Bertz CT molecular complexity index is 1220. The predicted octanol–water partition coefficient (Wildman–Crippen LogP) is 5.39. The van der Waals surface area contributed by atoms with Crippen LogP contribution < -0.4 is 10.1 Å². The molecule has 4 aromatic rings. The molecule has 6 heteroatoms. The zero-order valence-electron chi connectivity index (χ0n) is 17.3. The van der Waals surface area contributed by atoms with Gasteiger partial charge in [0.05, 0.1) is 18.4 Å². The first-order valence-electron chi connectivity index (χ1n) is 9.86. The zero-order valence-corrected chi connectivity index (χ0v) is 18.2. The summed E-state index contributed by atoms with van der Waals surface area (Å²) in [5, 5.41) is 13.8. The van der Waals surface area contributed by atoms with Gasteiger partial charge >= 0.3 is 0 Å². The van der Waals surface area contributed by atoms with Crippen LogP contribution in [0.5, 0.6) is 11.5 Å². The molecule has 0 saturated heterocycles. The summed E-state index contributed by atoms with van der Waals surface area (Å²) in [5.74, 6) is 1.16. The third kappa shape index (κ3) is 4.54. The van der Waals surface area contributed by atoms with Crippen LogP contribution in [-0.2, 0) is 17.8 Å². The van der Waals surface area contributed by atoms with Crippen LogP contribution in [0, 0.1) is 0 Å². The molecule has 2 N–H and O–H groups in total. The molecular formula is C25H23NO4S. The van der Waals surface area contributed by atoms with Gasteiger partial charge in [0.25, 0.3) is 0 Å². The molecule has 5 nitrogen and oxygen atoms in total. The van der Waals surface area contributed by atoms with Crippen molar-refractivity contribution < 1.29 is 19.1 Å². The van der Waals surface area contributed by atoms with Gasteiger partial charge in [-0.3, -0.25) is 4.79 Å². The number of nitrogens with one attached hydrogen (secondary N) is 1. The molecule has 0 aliphatic rings. The lowest BCUT2D eigenvalue weighted by atomic mass is 10.1. The second-order valence-electron chi connectivity index (χ2n) is 7.12. The minimum Gasteiger partial charge on any atom is -0.504 e. The molecule has 0 aliphatic heterocycles. The fourth-order valence-corrected chi connectivity index (χ4v) is 4.21. The van der Waals surface area contributed by atoms with E-state index in [0.29, 0.717) is 24.5 Å². The number of carbonyl (C=O) groups excluding carboxylic acids is 1. The highest BCUT2D eigenvalue weighted by Gasteiger charge is 2.18. The first-order valence-corrected chi connectivity index (χ1v) is 11.1. The van der Waals surface area contributed by atoms with Gasteiger partial charge in [-0.1, -0.05) is 36.4 Å². The van der Waals surface area contributed by atoms with E-state index >= 15 is 0 Å². The smallest absolute Gasteiger partial charge is 0.224 e. The van der Waals surface area contributed by atoms with E-state index in [0.717, 1.165) is 32.6 Å². The van der Waals surface area contributed by atoms with Gasteiger partial charge in [-0.15, -0.1) is 11.8 Å². The summed E-state index contributed by atoms with van der Waals surface area (Å²) < 4.78 is 11.4. The van der Waals surface area contributed by atoms with Gasteiger partial charge in [0.1, 0.15) is 11.3 Å². The molecule has 0 aliphatic carbocycles. The van der Waals surface area contributed by atoms with Crippen LogP contribution in [0.25, 0.3) is 22.3 Å². The highest BCUT2D eigenvalue weighted by atomic mass is 32.2. The Morgan fingerprint density at radius 2 is 1.87 bits per heavy atom. The molecule has 1 heterocycles. The number of carbonyl (C=O) groups is 1. The number of hydrogen-bond donors (Lipinski definition) is 2. The molecule has 3 aromatic carbocycles. The van der Waals surface area contributed by atoms with Gasteiger partial charge < -0.3 is 19.6 Å². The minimum atomic E-state index is -0.0270. The van der Waals surface area contributed by atoms with E-state index < -0.39 is 0 Å². The van der Waals surface area contributed by atoms with E-state index in [-0.39, 0.29) is 11.7 Å². The molecule has 0 radical (unpaired) electrons. The summed E-state index contributed by atoms with van der Waals surface area (Å²) in [6.07, 6.45) is 2.29. The van der Waals surface area contributed by atoms with E-state index in [2.05, 4.69) is 5.32 Å². The number of phenols is 1. The van der Waals surface area contributed by atoms with Crippen molar-refractivity contribution in [3.63, 3.8) is 0 Å². The monoisotopic (exact) mass is 433 g/mol. The Morgan fingerprint density at radius 3 is 2.61 bits per heavy atom. The Balaban J connectivity index is 1.58. The van der Waals surface area contributed by atoms with Crippen molar-refractivity contribution in [3.05, 3.63) is 77.9 Å². The number of benzene rings is 3. The van der Waals surface area contributed by atoms with Crippen LogP contribution in [0.4, 0.5) is 0 Å². The van der Waals surface area contributed by atoms with Crippen LogP contribution in [0.3, 0.4) is 0 Å². The summed E-state index contributed by atoms with van der Waals surface area (Å²) in [6, 6.07) is 20.8. The van der Waals surface area contributed by atoms with Crippen LogP contribution in [-0.4, -0.2) is 24.4 Å². The molecule has 0 bridgehead atoms. The van der Waals surface area contributed by atoms with E-state index in [9.17, 15) is 9.90 Å². The van der Waals surface area contributed by atoms with Gasteiger partial charge in [-0.25, -0.2) is 0 Å². The van der Waals surface area contributed by atoms with Crippen LogP contribution in [0.1, 0.15) is 11.1 Å². The number of amides is 1. The number of ether oxygens (including phenoxy) is 1. The molecule has 0 saturated carbocycles. The van der Waals surface area contributed by atoms with Crippen molar-refractivity contribution in [3.8, 4) is 22.8 Å². The summed E-state index contributed by atoms with van der Waals surface area (Å²) in [5.41, 5.74) is 3.56. The number of fused-ring (bicyclic) bond motifs is 1. The first kappa shape index (κ1) is 20.9. The number of furan rings is 1. The van der Waals surface area contributed by atoms with Crippen molar-refractivity contribution in [2.45, 2.75) is 17.9 Å². The lowest BCUT2D eigenvalue weighted by Gasteiger charge is -2.06. The highest BCUT2D eigenvalue weighted by molar-refractivity contribution is 7.99. The predicted molar refractivity (Wildman–Crippen MR) is 124 cm³/mol. The largest absolute Gasteiger partial charge is 0.504 e. The Morgan fingerprint density at radius 1 is 1.06 bits per heavy atom.